The van der Waals surface area contributed by atoms with Crippen molar-refractivity contribution in [3.63, 3.8) is 0 Å². The van der Waals surface area contributed by atoms with Crippen LogP contribution < -0.4 is 4.31 Å². The fraction of sp³-hybridized carbons (Fsp3) is 0.250. The Balaban J connectivity index is 1.95. The van der Waals surface area contributed by atoms with Crippen LogP contribution in [0, 0.1) is 5.82 Å². The maximum atomic E-state index is 13.2. The number of aliphatic hydroxyl groups is 1. The van der Waals surface area contributed by atoms with Crippen molar-refractivity contribution in [2.75, 3.05) is 10.8 Å². The highest BCUT2D eigenvalue weighted by atomic mass is 32.2. The van der Waals surface area contributed by atoms with Crippen molar-refractivity contribution >= 4 is 15.7 Å². The molecule has 1 heterocycles. The fourth-order valence-corrected chi connectivity index (χ4v) is 4.32. The molecule has 0 aliphatic carbocycles. The molecule has 3 rings (SSSR count). The lowest BCUT2D eigenvalue weighted by Gasteiger charge is -2.33. The third kappa shape index (κ3) is 2.84. The summed E-state index contributed by atoms with van der Waals surface area (Å²) in [4.78, 5) is 0. The molecule has 6 heteroatoms. The fourth-order valence-electron chi connectivity index (χ4n) is 2.72. The number of halogens is 1. The van der Waals surface area contributed by atoms with Crippen LogP contribution in [0.1, 0.15) is 23.7 Å². The molecule has 0 amide bonds. The van der Waals surface area contributed by atoms with Crippen LogP contribution in [0.3, 0.4) is 0 Å². The SMILES string of the molecule is O=S(=O)(Cc1cccc(F)c1)N1CCC(O)c2ccccc21. The van der Waals surface area contributed by atoms with Crippen LogP contribution >= 0.6 is 0 Å². The summed E-state index contributed by atoms with van der Waals surface area (Å²) in [7, 11) is -3.63. The Labute approximate surface area is 128 Å². The summed E-state index contributed by atoms with van der Waals surface area (Å²) in [6.07, 6.45) is -0.309. The van der Waals surface area contributed by atoms with Crippen LogP contribution in [0.4, 0.5) is 10.1 Å². The van der Waals surface area contributed by atoms with Crippen molar-refractivity contribution in [3.05, 3.63) is 65.5 Å². The molecule has 2 aromatic rings. The van der Waals surface area contributed by atoms with E-state index in [1.54, 1.807) is 30.3 Å². The Kier molecular flexibility index (Phi) is 3.88. The predicted octanol–water partition coefficient (Wildman–Crippen LogP) is 2.60. The van der Waals surface area contributed by atoms with Gasteiger partial charge in [0.1, 0.15) is 5.82 Å². The molecule has 0 fully saturated rings. The number of rotatable bonds is 3. The second-order valence-electron chi connectivity index (χ2n) is 5.32. The second kappa shape index (κ2) is 5.70. The minimum absolute atomic E-state index is 0.218. The smallest absolute Gasteiger partial charge is 0.239 e. The van der Waals surface area contributed by atoms with Gasteiger partial charge in [-0.05, 0) is 30.2 Å². The summed E-state index contributed by atoms with van der Waals surface area (Å²) in [5, 5.41) is 10.00. The highest BCUT2D eigenvalue weighted by Gasteiger charge is 2.31. The normalized spacial score (nSPS) is 18.1. The molecule has 0 bridgehead atoms. The zero-order valence-electron chi connectivity index (χ0n) is 11.8. The van der Waals surface area contributed by atoms with Gasteiger partial charge in [0.15, 0.2) is 0 Å². The van der Waals surface area contributed by atoms with Crippen LogP contribution in [0.5, 0.6) is 0 Å². The van der Waals surface area contributed by atoms with Crippen molar-refractivity contribution in [2.24, 2.45) is 0 Å². The van der Waals surface area contributed by atoms with Crippen molar-refractivity contribution in [1.29, 1.82) is 0 Å². The number of anilines is 1. The van der Waals surface area contributed by atoms with E-state index in [9.17, 15) is 17.9 Å². The lowest BCUT2D eigenvalue weighted by molar-refractivity contribution is 0.166. The van der Waals surface area contributed by atoms with E-state index >= 15 is 0 Å². The van der Waals surface area contributed by atoms with Crippen molar-refractivity contribution in [2.45, 2.75) is 18.3 Å². The van der Waals surface area contributed by atoms with Crippen LogP contribution in [0.15, 0.2) is 48.5 Å². The molecule has 1 aliphatic rings. The third-order valence-corrected chi connectivity index (χ3v) is 5.49. The number of nitrogens with zero attached hydrogens (tertiary/aromatic N) is 1. The van der Waals surface area contributed by atoms with E-state index in [-0.39, 0.29) is 12.3 Å². The van der Waals surface area contributed by atoms with E-state index in [1.807, 2.05) is 0 Å². The predicted molar refractivity (Wildman–Crippen MR) is 82.4 cm³/mol. The lowest BCUT2D eigenvalue weighted by Crippen LogP contribution is -2.37. The first-order valence-corrected chi connectivity index (χ1v) is 8.60. The molecule has 1 atom stereocenters. The minimum atomic E-state index is -3.63. The highest BCUT2D eigenvalue weighted by molar-refractivity contribution is 7.92. The van der Waals surface area contributed by atoms with Crippen molar-refractivity contribution in [1.82, 2.24) is 0 Å². The molecular weight excluding hydrogens is 305 g/mol. The number of para-hydroxylation sites is 1. The van der Waals surface area contributed by atoms with Crippen LogP contribution in [-0.2, 0) is 15.8 Å². The van der Waals surface area contributed by atoms with Crippen LogP contribution in [0.2, 0.25) is 0 Å². The molecule has 1 unspecified atom stereocenters. The first kappa shape index (κ1) is 15.0. The standard InChI is InChI=1S/C16H16FNO3S/c17-13-5-3-4-12(10-13)11-22(20,21)18-9-8-16(19)14-6-1-2-7-15(14)18/h1-7,10,16,19H,8-9,11H2. The van der Waals surface area contributed by atoms with Gasteiger partial charge < -0.3 is 5.11 Å². The van der Waals surface area contributed by atoms with E-state index in [0.29, 0.717) is 23.2 Å². The first-order chi connectivity index (χ1) is 10.5. The largest absolute Gasteiger partial charge is 0.388 e. The molecule has 0 aromatic heterocycles. The third-order valence-electron chi connectivity index (χ3n) is 3.74. The molecule has 0 radical (unpaired) electrons. The van der Waals surface area contributed by atoms with Crippen molar-refractivity contribution in [3.8, 4) is 0 Å². The number of hydrogen-bond donors (Lipinski definition) is 1. The number of hydrogen-bond acceptors (Lipinski definition) is 3. The van der Waals surface area contributed by atoms with E-state index in [0.717, 1.165) is 0 Å². The minimum Gasteiger partial charge on any atom is -0.388 e. The Morgan fingerprint density at radius 2 is 1.95 bits per heavy atom. The van der Waals surface area contributed by atoms with E-state index in [2.05, 4.69) is 0 Å². The van der Waals surface area contributed by atoms with Crippen LogP contribution in [0.25, 0.3) is 0 Å². The molecule has 0 saturated carbocycles. The Morgan fingerprint density at radius 3 is 2.73 bits per heavy atom. The average Bonchev–Trinajstić information content (AvgIpc) is 2.47. The summed E-state index contributed by atoms with van der Waals surface area (Å²) in [6, 6.07) is 12.5. The number of aliphatic hydroxyl groups excluding tert-OH is 1. The van der Waals surface area contributed by atoms with Gasteiger partial charge in [-0.3, -0.25) is 4.31 Å². The van der Waals surface area contributed by atoms with E-state index < -0.39 is 21.9 Å². The first-order valence-electron chi connectivity index (χ1n) is 6.99. The molecule has 116 valence electrons. The van der Waals surface area contributed by atoms with Gasteiger partial charge in [0.05, 0.1) is 17.5 Å². The van der Waals surface area contributed by atoms with Gasteiger partial charge >= 0.3 is 0 Å². The number of benzene rings is 2. The topological polar surface area (TPSA) is 57.6 Å². The summed E-state index contributed by atoms with van der Waals surface area (Å²) < 4.78 is 39.9. The molecule has 22 heavy (non-hydrogen) atoms. The van der Waals surface area contributed by atoms with E-state index in [1.165, 1.54) is 22.5 Å². The van der Waals surface area contributed by atoms with Gasteiger partial charge in [0, 0.05) is 12.1 Å². The lowest BCUT2D eigenvalue weighted by atomic mass is 10.0. The van der Waals surface area contributed by atoms with Crippen LogP contribution in [-0.4, -0.2) is 20.1 Å². The molecule has 1 N–H and O–H groups in total. The zero-order chi connectivity index (χ0) is 15.7. The second-order valence-corrected chi connectivity index (χ2v) is 7.21. The quantitative estimate of drug-likeness (QED) is 0.945. The molecule has 2 aromatic carbocycles. The van der Waals surface area contributed by atoms with Gasteiger partial charge in [-0.2, -0.15) is 0 Å². The van der Waals surface area contributed by atoms with Gasteiger partial charge in [-0.1, -0.05) is 30.3 Å². The maximum Gasteiger partial charge on any atom is 0.239 e. The van der Waals surface area contributed by atoms with Gasteiger partial charge in [-0.15, -0.1) is 0 Å². The summed E-state index contributed by atoms with van der Waals surface area (Å²) in [5.74, 6) is -0.725. The molecule has 1 aliphatic heterocycles. The van der Waals surface area contributed by atoms with Crippen molar-refractivity contribution < 1.29 is 17.9 Å². The Morgan fingerprint density at radius 1 is 1.18 bits per heavy atom. The maximum absolute atomic E-state index is 13.2. The number of sulfonamides is 1. The summed E-state index contributed by atoms with van der Waals surface area (Å²) in [6.45, 7) is 0.218. The van der Waals surface area contributed by atoms with E-state index in [4.69, 9.17) is 0 Å². The molecule has 0 saturated heterocycles. The molecule has 0 spiro atoms. The summed E-state index contributed by atoms with van der Waals surface area (Å²) >= 11 is 0. The van der Waals surface area contributed by atoms with Gasteiger partial charge in [0.25, 0.3) is 0 Å². The summed E-state index contributed by atoms with van der Waals surface area (Å²) in [5.41, 5.74) is 1.51. The number of fused-ring (bicyclic) bond motifs is 1. The van der Waals surface area contributed by atoms with Gasteiger partial charge in [-0.25, -0.2) is 12.8 Å². The Hall–Kier alpha value is -1.92. The van der Waals surface area contributed by atoms with Gasteiger partial charge in [0.2, 0.25) is 10.0 Å². The average molecular weight is 321 g/mol. The Bertz CT molecular complexity index is 791. The highest BCUT2D eigenvalue weighted by Crippen LogP contribution is 2.35. The zero-order valence-corrected chi connectivity index (χ0v) is 12.6. The molecular formula is C16H16FNO3S. The molecule has 4 nitrogen and oxygen atoms in total. The monoisotopic (exact) mass is 321 g/mol.